The van der Waals surface area contributed by atoms with Crippen molar-refractivity contribution in [2.24, 2.45) is 0 Å². The van der Waals surface area contributed by atoms with Crippen LogP contribution in [0.4, 0.5) is 0 Å². The molecule has 0 bridgehead atoms. The second-order valence-electron chi connectivity index (χ2n) is 4.02. The Morgan fingerprint density at radius 3 is 2.68 bits per heavy atom. The number of hydrogen-bond donors (Lipinski definition) is 1. The predicted molar refractivity (Wildman–Crippen MR) is 67.9 cm³/mol. The third kappa shape index (κ3) is 2.69. The SMILES string of the molecule is CN1C(=O)CC(NC(=O)c2cnc(Cl)c(Cl)c2)C1=O. The Morgan fingerprint density at radius 1 is 1.47 bits per heavy atom. The average molecular weight is 302 g/mol. The summed E-state index contributed by atoms with van der Waals surface area (Å²) < 4.78 is 0. The molecule has 2 rings (SSSR count). The van der Waals surface area contributed by atoms with Crippen LogP contribution in [0.15, 0.2) is 12.3 Å². The molecule has 1 aliphatic rings. The maximum Gasteiger partial charge on any atom is 0.253 e. The summed E-state index contributed by atoms with van der Waals surface area (Å²) in [5.74, 6) is -1.30. The van der Waals surface area contributed by atoms with Crippen LogP contribution in [-0.4, -0.2) is 40.7 Å². The number of carbonyl (C=O) groups excluding carboxylic acids is 3. The van der Waals surface area contributed by atoms with Crippen LogP contribution in [0.5, 0.6) is 0 Å². The van der Waals surface area contributed by atoms with Gasteiger partial charge in [0.05, 0.1) is 17.0 Å². The number of amides is 3. The predicted octanol–water partition coefficient (Wildman–Crippen LogP) is 0.875. The molecule has 1 aromatic rings. The molecule has 1 atom stereocenters. The summed E-state index contributed by atoms with van der Waals surface area (Å²) in [6.07, 6.45) is 1.20. The van der Waals surface area contributed by atoms with Crippen LogP contribution in [0.1, 0.15) is 16.8 Å². The zero-order valence-electron chi connectivity index (χ0n) is 9.81. The van der Waals surface area contributed by atoms with E-state index in [1.54, 1.807) is 0 Å². The van der Waals surface area contributed by atoms with Gasteiger partial charge in [0.1, 0.15) is 11.2 Å². The van der Waals surface area contributed by atoms with Gasteiger partial charge in [0.15, 0.2) is 0 Å². The second kappa shape index (κ2) is 5.14. The molecule has 2 heterocycles. The van der Waals surface area contributed by atoms with E-state index in [1.165, 1.54) is 19.3 Å². The number of pyridine rings is 1. The minimum atomic E-state index is -0.848. The zero-order valence-corrected chi connectivity index (χ0v) is 11.3. The summed E-state index contributed by atoms with van der Waals surface area (Å²) in [4.78, 5) is 39.6. The number of imide groups is 1. The molecule has 1 fully saturated rings. The van der Waals surface area contributed by atoms with E-state index in [-0.39, 0.29) is 28.1 Å². The number of nitrogens with zero attached hydrogens (tertiary/aromatic N) is 2. The number of aromatic nitrogens is 1. The molecule has 1 aliphatic heterocycles. The standard InChI is InChI=1S/C11H9Cl2N3O3/c1-16-8(17)3-7(11(16)19)15-10(18)5-2-6(12)9(13)14-4-5/h2,4,7H,3H2,1H3,(H,15,18). The highest BCUT2D eigenvalue weighted by Crippen LogP contribution is 2.20. The lowest BCUT2D eigenvalue weighted by Crippen LogP contribution is -2.40. The van der Waals surface area contributed by atoms with Gasteiger partial charge in [-0.25, -0.2) is 4.98 Å². The molecule has 100 valence electrons. The van der Waals surface area contributed by atoms with Gasteiger partial charge in [0, 0.05) is 13.2 Å². The van der Waals surface area contributed by atoms with E-state index in [2.05, 4.69) is 10.3 Å². The van der Waals surface area contributed by atoms with Gasteiger partial charge in [-0.3, -0.25) is 19.3 Å². The van der Waals surface area contributed by atoms with Gasteiger partial charge in [-0.2, -0.15) is 0 Å². The fourth-order valence-corrected chi connectivity index (χ4v) is 1.92. The van der Waals surface area contributed by atoms with E-state index < -0.39 is 17.9 Å². The Hall–Kier alpha value is -1.66. The van der Waals surface area contributed by atoms with Crippen molar-refractivity contribution in [3.8, 4) is 0 Å². The molecule has 1 N–H and O–H groups in total. The summed E-state index contributed by atoms with van der Waals surface area (Å²) in [6.45, 7) is 0. The van der Waals surface area contributed by atoms with Crippen molar-refractivity contribution in [2.75, 3.05) is 7.05 Å². The quantitative estimate of drug-likeness (QED) is 0.649. The van der Waals surface area contributed by atoms with Gasteiger partial charge < -0.3 is 5.32 Å². The van der Waals surface area contributed by atoms with Crippen LogP contribution in [0.25, 0.3) is 0 Å². The average Bonchev–Trinajstić information content (AvgIpc) is 2.60. The highest BCUT2D eigenvalue weighted by atomic mass is 35.5. The van der Waals surface area contributed by atoms with Crippen molar-refractivity contribution >= 4 is 40.9 Å². The van der Waals surface area contributed by atoms with E-state index >= 15 is 0 Å². The largest absolute Gasteiger partial charge is 0.340 e. The van der Waals surface area contributed by atoms with Crippen molar-refractivity contribution < 1.29 is 14.4 Å². The van der Waals surface area contributed by atoms with Crippen molar-refractivity contribution in [3.63, 3.8) is 0 Å². The van der Waals surface area contributed by atoms with Gasteiger partial charge in [-0.05, 0) is 6.07 Å². The van der Waals surface area contributed by atoms with Crippen molar-refractivity contribution in [1.82, 2.24) is 15.2 Å². The number of rotatable bonds is 2. The Labute approximate surface area is 118 Å². The van der Waals surface area contributed by atoms with Crippen LogP contribution in [0.3, 0.4) is 0 Å². The van der Waals surface area contributed by atoms with Crippen LogP contribution >= 0.6 is 23.2 Å². The maximum absolute atomic E-state index is 11.9. The Balaban J connectivity index is 2.11. The summed E-state index contributed by atoms with van der Waals surface area (Å²) in [5.41, 5.74) is 0.171. The van der Waals surface area contributed by atoms with Crippen LogP contribution in [0, 0.1) is 0 Å². The molecular weight excluding hydrogens is 293 g/mol. The molecular formula is C11H9Cl2N3O3. The fourth-order valence-electron chi connectivity index (χ4n) is 1.66. The molecule has 0 aromatic carbocycles. The monoisotopic (exact) mass is 301 g/mol. The lowest BCUT2D eigenvalue weighted by molar-refractivity contribution is -0.137. The lowest BCUT2D eigenvalue weighted by atomic mass is 10.2. The van der Waals surface area contributed by atoms with E-state index in [1.807, 2.05) is 0 Å². The number of carbonyl (C=O) groups is 3. The van der Waals surface area contributed by atoms with Gasteiger partial charge >= 0.3 is 0 Å². The lowest BCUT2D eigenvalue weighted by Gasteiger charge is -2.11. The third-order valence-corrected chi connectivity index (χ3v) is 3.43. The molecule has 3 amide bonds. The summed E-state index contributed by atoms with van der Waals surface area (Å²) in [7, 11) is 1.37. The van der Waals surface area contributed by atoms with Gasteiger partial charge in [0.25, 0.3) is 11.8 Å². The minimum absolute atomic E-state index is 0.0458. The molecule has 6 nitrogen and oxygen atoms in total. The molecule has 1 unspecified atom stereocenters. The molecule has 1 saturated heterocycles. The smallest absolute Gasteiger partial charge is 0.253 e. The molecule has 8 heteroatoms. The summed E-state index contributed by atoms with van der Waals surface area (Å²) >= 11 is 11.4. The molecule has 0 spiro atoms. The number of nitrogens with one attached hydrogen (secondary N) is 1. The third-order valence-electron chi connectivity index (χ3n) is 2.75. The first-order valence-corrected chi connectivity index (χ1v) is 6.08. The van der Waals surface area contributed by atoms with Crippen LogP contribution in [-0.2, 0) is 9.59 Å². The second-order valence-corrected chi connectivity index (χ2v) is 4.78. The Bertz CT molecular complexity index is 576. The molecule has 0 radical (unpaired) electrons. The van der Waals surface area contributed by atoms with Crippen molar-refractivity contribution in [3.05, 3.63) is 28.0 Å². The van der Waals surface area contributed by atoms with Crippen LogP contribution in [0.2, 0.25) is 10.2 Å². The van der Waals surface area contributed by atoms with Crippen molar-refractivity contribution in [2.45, 2.75) is 12.5 Å². The van der Waals surface area contributed by atoms with E-state index in [4.69, 9.17) is 23.2 Å². The maximum atomic E-state index is 11.9. The van der Waals surface area contributed by atoms with Crippen LogP contribution < -0.4 is 5.32 Å². The first kappa shape index (κ1) is 13.8. The normalized spacial score (nSPS) is 18.9. The van der Waals surface area contributed by atoms with Gasteiger partial charge in [-0.1, -0.05) is 23.2 Å². The number of likely N-dealkylation sites (tertiary alicyclic amines) is 1. The molecule has 0 aliphatic carbocycles. The Kier molecular flexibility index (Phi) is 3.73. The number of hydrogen-bond acceptors (Lipinski definition) is 4. The highest BCUT2D eigenvalue weighted by molar-refractivity contribution is 6.41. The van der Waals surface area contributed by atoms with Gasteiger partial charge in [0.2, 0.25) is 5.91 Å². The summed E-state index contributed by atoms with van der Waals surface area (Å²) in [5, 5.41) is 2.69. The Morgan fingerprint density at radius 2 is 2.16 bits per heavy atom. The minimum Gasteiger partial charge on any atom is -0.340 e. The topological polar surface area (TPSA) is 79.4 Å². The highest BCUT2D eigenvalue weighted by Gasteiger charge is 2.37. The number of likely N-dealkylation sites (N-methyl/N-ethyl adjacent to an activating group) is 1. The molecule has 1 aromatic heterocycles. The van der Waals surface area contributed by atoms with E-state index in [0.717, 1.165) is 4.90 Å². The number of halogens is 2. The van der Waals surface area contributed by atoms with Gasteiger partial charge in [-0.15, -0.1) is 0 Å². The van der Waals surface area contributed by atoms with E-state index in [9.17, 15) is 14.4 Å². The zero-order chi connectivity index (χ0) is 14.2. The first-order valence-electron chi connectivity index (χ1n) is 5.32. The molecule has 0 saturated carbocycles. The molecule has 19 heavy (non-hydrogen) atoms. The van der Waals surface area contributed by atoms with Crippen molar-refractivity contribution in [1.29, 1.82) is 0 Å². The summed E-state index contributed by atoms with van der Waals surface area (Å²) in [6, 6.07) is 0.497. The fraction of sp³-hybridized carbons (Fsp3) is 0.273. The van der Waals surface area contributed by atoms with E-state index in [0.29, 0.717) is 0 Å². The first-order chi connectivity index (χ1) is 8.90.